The lowest BCUT2D eigenvalue weighted by Crippen LogP contribution is -2.51. The van der Waals surface area contributed by atoms with Gasteiger partial charge in [0.05, 0.1) is 5.69 Å². The van der Waals surface area contributed by atoms with E-state index in [1.54, 1.807) is 36.9 Å². The van der Waals surface area contributed by atoms with Gasteiger partial charge < -0.3 is 21.3 Å². The Morgan fingerprint density at radius 1 is 0.932 bits per heavy atom. The summed E-state index contributed by atoms with van der Waals surface area (Å²) in [5.74, 6) is -1.76. The van der Waals surface area contributed by atoms with E-state index in [9.17, 15) is 19.2 Å². The molecule has 2 unspecified atom stereocenters. The molecule has 10 nitrogen and oxygen atoms in total. The molecule has 1 aromatic heterocycles. The standard InChI is InChI=1S/C33H47FN6O4/c1-6-28(41)38-29(32(43)36-21(5)22-12-13-22)20(4)24-14-15-26(25(34)18-24)37-33(44)30(23-10-8-19(3)9-11-23)39-31(42)27-16-17-35-40(27)7-2/h14-23,29-30H,6-13H2,1-5H3,(H,36,43)(H,37,44)(H,38,41)(H,39,42)/t19?,20?,21-,23?,29?,30-/m0/s1. The Kier molecular flexibility index (Phi) is 11.2. The molecule has 2 aliphatic rings. The summed E-state index contributed by atoms with van der Waals surface area (Å²) in [6.07, 6.45) is 7.33. The van der Waals surface area contributed by atoms with Crippen LogP contribution in [-0.2, 0) is 20.9 Å². The predicted octanol–water partition coefficient (Wildman–Crippen LogP) is 4.52. The van der Waals surface area contributed by atoms with Crippen molar-refractivity contribution in [3.05, 3.63) is 47.5 Å². The molecular formula is C33H47FN6O4. The predicted molar refractivity (Wildman–Crippen MR) is 166 cm³/mol. The van der Waals surface area contributed by atoms with Gasteiger partial charge in [-0.15, -0.1) is 0 Å². The SMILES string of the molecule is CCC(=O)NC(C(=O)N[C@@H](C)C1CC1)C(C)c1ccc(NC(=O)[C@@H](NC(=O)c2ccnn2CC)C2CCC(C)CC2)c(F)c1. The van der Waals surface area contributed by atoms with Crippen LogP contribution in [0.15, 0.2) is 30.5 Å². The Balaban J connectivity index is 1.50. The van der Waals surface area contributed by atoms with Crippen LogP contribution >= 0.6 is 0 Å². The molecule has 0 aliphatic heterocycles. The second-order valence-corrected chi connectivity index (χ2v) is 12.6. The van der Waals surface area contributed by atoms with Crippen LogP contribution in [0.4, 0.5) is 10.1 Å². The van der Waals surface area contributed by atoms with Crippen LogP contribution in [0.5, 0.6) is 0 Å². The fourth-order valence-corrected chi connectivity index (χ4v) is 6.05. The van der Waals surface area contributed by atoms with E-state index in [4.69, 9.17) is 0 Å². The molecule has 1 heterocycles. The van der Waals surface area contributed by atoms with Gasteiger partial charge in [-0.2, -0.15) is 5.10 Å². The highest BCUT2D eigenvalue weighted by molar-refractivity contribution is 6.00. The number of amides is 4. The lowest BCUT2D eigenvalue weighted by atomic mass is 9.79. The van der Waals surface area contributed by atoms with Crippen LogP contribution in [0, 0.1) is 23.6 Å². The smallest absolute Gasteiger partial charge is 0.270 e. The third-order valence-electron chi connectivity index (χ3n) is 9.25. The topological polar surface area (TPSA) is 134 Å². The van der Waals surface area contributed by atoms with Crippen molar-refractivity contribution in [3.63, 3.8) is 0 Å². The average molecular weight is 611 g/mol. The molecule has 1 aromatic carbocycles. The lowest BCUT2D eigenvalue weighted by molar-refractivity contribution is -0.129. The number of hydrogen-bond donors (Lipinski definition) is 4. The summed E-state index contributed by atoms with van der Waals surface area (Å²) in [6, 6.07) is 4.29. The molecule has 0 bridgehead atoms. The highest BCUT2D eigenvalue weighted by Gasteiger charge is 2.35. The molecule has 4 N–H and O–H groups in total. The molecule has 2 aromatic rings. The van der Waals surface area contributed by atoms with Gasteiger partial charge in [-0.3, -0.25) is 23.9 Å². The van der Waals surface area contributed by atoms with E-state index in [1.807, 2.05) is 13.8 Å². The molecule has 240 valence electrons. The average Bonchev–Trinajstić information content (AvgIpc) is 3.76. The molecule has 2 aliphatic carbocycles. The van der Waals surface area contributed by atoms with Crippen molar-refractivity contribution >= 4 is 29.3 Å². The lowest BCUT2D eigenvalue weighted by Gasteiger charge is -2.32. The van der Waals surface area contributed by atoms with Gasteiger partial charge in [0, 0.05) is 31.1 Å². The van der Waals surface area contributed by atoms with E-state index in [2.05, 4.69) is 33.3 Å². The minimum absolute atomic E-state index is 0.00611. The van der Waals surface area contributed by atoms with Crippen LogP contribution in [0.25, 0.3) is 0 Å². The van der Waals surface area contributed by atoms with Crippen molar-refractivity contribution < 1.29 is 23.6 Å². The van der Waals surface area contributed by atoms with Crippen LogP contribution in [0.1, 0.15) is 102 Å². The molecule has 0 radical (unpaired) electrons. The zero-order chi connectivity index (χ0) is 32.0. The third kappa shape index (κ3) is 8.24. The van der Waals surface area contributed by atoms with E-state index in [0.29, 0.717) is 29.6 Å². The Labute approximate surface area is 259 Å². The molecule has 4 rings (SSSR count). The van der Waals surface area contributed by atoms with Crippen molar-refractivity contribution in [2.75, 3.05) is 5.32 Å². The number of hydrogen-bond acceptors (Lipinski definition) is 5. The maximum absolute atomic E-state index is 15.5. The summed E-state index contributed by atoms with van der Waals surface area (Å²) in [5, 5.41) is 15.6. The van der Waals surface area contributed by atoms with Crippen molar-refractivity contribution in [1.82, 2.24) is 25.7 Å². The van der Waals surface area contributed by atoms with Gasteiger partial charge in [-0.1, -0.05) is 39.7 Å². The minimum Gasteiger partial charge on any atom is -0.352 e. The molecule has 2 saturated carbocycles. The molecule has 44 heavy (non-hydrogen) atoms. The quantitative estimate of drug-likeness (QED) is 0.265. The third-order valence-corrected chi connectivity index (χ3v) is 9.25. The Bertz CT molecular complexity index is 1330. The van der Waals surface area contributed by atoms with E-state index < -0.39 is 35.6 Å². The summed E-state index contributed by atoms with van der Waals surface area (Å²) in [7, 11) is 0. The number of nitrogens with one attached hydrogen (secondary N) is 4. The summed E-state index contributed by atoms with van der Waals surface area (Å²) in [5.41, 5.74) is 0.850. The molecule has 0 saturated heterocycles. The first-order valence-corrected chi connectivity index (χ1v) is 16.0. The number of carbonyl (C=O) groups is 4. The van der Waals surface area contributed by atoms with Crippen molar-refractivity contribution in [2.45, 2.75) is 110 Å². The van der Waals surface area contributed by atoms with Gasteiger partial charge >= 0.3 is 0 Å². The molecule has 4 atom stereocenters. The van der Waals surface area contributed by atoms with E-state index >= 15 is 4.39 Å². The zero-order valence-electron chi connectivity index (χ0n) is 26.5. The van der Waals surface area contributed by atoms with E-state index in [-0.39, 0.29) is 35.9 Å². The molecular weight excluding hydrogens is 563 g/mol. The number of anilines is 1. The fourth-order valence-electron chi connectivity index (χ4n) is 6.05. The Morgan fingerprint density at radius 3 is 2.23 bits per heavy atom. The normalized spacial score (nSPS) is 21.0. The van der Waals surface area contributed by atoms with Gasteiger partial charge in [0.25, 0.3) is 5.91 Å². The number of rotatable bonds is 13. The number of aromatic nitrogens is 2. The largest absolute Gasteiger partial charge is 0.352 e. The summed E-state index contributed by atoms with van der Waals surface area (Å²) in [6.45, 7) is 10.0. The number of halogens is 1. The first-order chi connectivity index (χ1) is 21.0. The highest BCUT2D eigenvalue weighted by Crippen LogP contribution is 2.33. The van der Waals surface area contributed by atoms with E-state index in [0.717, 1.165) is 38.5 Å². The first kappa shape index (κ1) is 33.1. The van der Waals surface area contributed by atoms with Crippen LogP contribution in [-0.4, -0.2) is 51.5 Å². The summed E-state index contributed by atoms with van der Waals surface area (Å²) in [4.78, 5) is 52.3. The fraction of sp³-hybridized carbons (Fsp3) is 0.606. The number of carbonyl (C=O) groups excluding carboxylic acids is 4. The van der Waals surface area contributed by atoms with Gasteiger partial charge in [0.1, 0.15) is 23.6 Å². The van der Waals surface area contributed by atoms with Crippen molar-refractivity contribution in [1.29, 1.82) is 0 Å². The summed E-state index contributed by atoms with van der Waals surface area (Å²) >= 11 is 0. The van der Waals surface area contributed by atoms with Crippen LogP contribution < -0.4 is 21.3 Å². The van der Waals surface area contributed by atoms with Crippen LogP contribution in [0.3, 0.4) is 0 Å². The Morgan fingerprint density at radius 2 is 1.61 bits per heavy atom. The van der Waals surface area contributed by atoms with Crippen molar-refractivity contribution in [3.8, 4) is 0 Å². The van der Waals surface area contributed by atoms with E-state index in [1.165, 1.54) is 12.1 Å². The van der Waals surface area contributed by atoms with Gasteiger partial charge in [0.15, 0.2) is 0 Å². The van der Waals surface area contributed by atoms with Crippen molar-refractivity contribution in [2.24, 2.45) is 17.8 Å². The van der Waals surface area contributed by atoms with Crippen LogP contribution in [0.2, 0.25) is 0 Å². The molecule has 0 spiro atoms. The van der Waals surface area contributed by atoms with Gasteiger partial charge in [-0.05, 0) is 81.0 Å². The maximum Gasteiger partial charge on any atom is 0.270 e. The highest BCUT2D eigenvalue weighted by atomic mass is 19.1. The number of aryl methyl sites for hydroxylation is 1. The number of benzene rings is 1. The number of nitrogens with zero attached hydrogens (tertiary/aromatic N) is 2. The minimum atomic E-state index is -0.881. The summed E-state index contributed by atoms with van der Waals surface area (Å²) < 4.78 is 17.1. The van der Waals surface area contributed by atoms with Gasteiger partial charge in [0.2, 0.25) is 17.7 Å². The second-order valence-electron chi connectivity index (χ2n) is 12.6. The van der Waals surface area contributed by atoms with Gasteiger partial charge in [-0.25, -0.2) is 4.39 Å². The molecule has 4 amide bonds. The Hall–Kier alpha value is -3.76. The monoisotopic (exact) mass is 610 g/mol. The first-order valence-electron chi connectivity index (χ1n) is 16.0. The maximum atomic E-state index is 15.5. The second kappa shape index (κ2) is 14.8. The molecule has 2 fully saturated rings. The zero-order valence-corrected chi connectivity index (χ0v) is 26.5. The molecule has 11 heteroatoms.